The molecular formula is C22H27N3O4S. The highest BCUT2D eigenvalue weighted by Gasteiger charge is 2.22. The van der Waals surface area contributed by atoms with Gasteiger partial charge in [-0.2, -0.15) is 11.8 Å². The Morgan fingerprint density at radius 1 is 1.13 bits per heavy atom. The third kappa shape index (κ3) is 6.81. The highest BCUT2D eigenvalue weighted by molar-refractivity contribution is 7.98. The number of primary amides is 1. The third-order valence-electron chi connectivity index (χ3n) is 4.51. The van der Waals surface area contributed by atoms with Gasteiger partial charge in [0.05, 0.1) is 12.7 Å². The Kier molecular flexibility index (Phi) is 9.21. The molecule has 0 heterocycles. The van der Waals surface area contributed by atoms with Crippen LogP contribution in [0.1, 0.15) is 32.7 Å². The van der Waals surface area contributed by atoms with E-state index in [9.17, 15) is 14.4 Å². The molecular weight excluding hydrogens is 402 g/mol. The van der Waals surface area contributed by atoms with Gasteiger partial charge in [0.15, 0.2) is 0 Å². The number of carbonyl (C=O) groups excluding carboxylic acids is 3. The van der Waals surface area contributed by atoms with E-state index >= 15 is 0 Å². The number of rotatable bonds is 11. The van der Waals surface area contributed by atoms with Gasteiger partial charge in [0.2, 0.25) is 11.8 Å². The van der Waals surface area contributed by atoms with Gasteiger partial charge in [-0.1, -0.05) is 24.3 Å². The Bertz CT molecular complexity index is 888. The maximum atomic E-state index is 12.7. The Hall–Kier alpha value is -3.00. The van der Waals surface area contributed by atoms with E-state index in [-0.39, 0.29) is 11.8 Å². The van der Waals surface area contributed by atoms with Crippen molar-refractivity contribution in [1.29, 1.82) is 0 Å². The monoisotopic (exact) mass is 429 g/mol. The van der Waals surface area contributed by atoms with E-state index in [0.29, 0.717) is 36.3 Å². The van der Waals surface area contributed by atoms with E-state index in [1.165, 1.54) is 7.11 Å². The van der Waals surface area contributed by atoms with E-state index in [4.69, 9.17) is 10.5 Å². The molecule has 7 nitrogen and oxygen atoms in total. The van der Waals surface area contributed by atoms with Crippen LogP contribution in [0.25, 0.3) is 0 Å². The van der Waals surface area contributed by atoms with Crippen molar-refractivity contribution in [3.05, 3.63) is 65.2 Å². The predicted molar refractivity (Wildman–Crippen MR) is 119 cm³/mol. The summed E-state index contributed by atoms with van der Waals surface area (Å²) in [5.74, 6) is 0.0805. The molecule has 160 valence electrons. The largest absolute Gasteiger partial charge is 0.496 e. The molecule has 30 heavy (non-hydrogen) atoms. The van der Waals surface area contributed by atoms with Gasteiger partial charge in [-0.25, -0.2) is 0 Å². The molecule has 0 saturated carbocycles. The zero-order valence-electron chi connectivity index (χ0n) is 17.1. The molecule has 0 aromatic heterocycles. The molecule has 2 aromatic rings. The number of methoxy groups -OCH3 is 1. The topological polar surface area (TPSA) is 111 Å². The van der Waals surface area contributed by atoms with Gasteiger partial charge >= 0.3 is 0 Å². The van der Waals surface area contributed by atoms with Crippen LogP contribution in [0.15, 0.2) is 48.5 Å². The first-order chi connectivity index (χ1) is 14.5. The Labute approximate surface area is 180 Å². The summed E-state index contributed by atoms with van der Waals surface area (Å²) in [6.07, 6.45) is 3.00. The fourth-order valence-electron chi connectivity index (χ4n) is 2.91. The number of amides is 3. The van der Waals surface area contributed by atoms with Gasteiger partial charge in [0, 0.05) is 12.1 Å². The van der Waals surface area contributed by atoms with E-state index in [1.54, 1.807) is 54.2 Å². The zero-order valence-corrected chi connectivity index (χ0v) is 18.0. The van der Waals surface area contributed by atoms with E-state index in [2.05, 4.69) is 10.6 Å². The molecule has 0 bridgehead atoms. The first-order valence-electron chi connectivity index (χ1n) is 9.55. The lowest BCUT2D eigenvalue weighted by atomic mass is 10.1. The molecule has 0 aliphatic rings. The quantitative estimate of drug-likeness (QED) is 0.506. The summed E-state index contributed by atoms with van der Waals surface area (Å²) in [6, 6.07) is 13.2. The number of para-hydroxylation sites is 1. The summed E-state index contributed by atoms with van der Waals surface area (Å²) in [5.41, 5.74) is 7.01. The summed E-state index contributed by atoms with van der Waals surface area (Å²) < 4.78 is 5.23. The van der Waals surface area contributed by atoms with Crippen LogP contribution >= 0.6 is 11.8 Å². The van der Waals surface area contributed by atoms with E-state index in [1.807, 2.05) is 12.3 Å². The van der Waals surface area contributed by atoms with Crippen LogP contribution in [0.4, 0.5) is 0 Å². The predicted octanol–water partition coefficient (Wildman–Crippen LogP) is 2.00. The highest BCUT2D eigenvalue weighted by atomic mass is 32.2. The second kappa shape index (κ2) is 11.9. The normalized spacial score (nSPS) is 11.4. The van der Waals surface area contributed by atoms with Gasteiger partial charge in [0.25, 0.3) is 5.91 Å². The van der Waals surface area contributed by atoms with Crippen molar-refractivity contribution in [3.63, 3.8) is 0 Å². The van der Waals surface area contributed by atoms with Gasteiger partial charge in [-0.05, 0) is 54.7 Å². The molecule has 0 radical (unpaired) electrons. The van der Waals surface area contributed by atoms with Gasteiger partial charge in [0.1, 0.15) is 11.8 Å². The molecule has 2 aromatic carbocycles. The smallest absolute Gasteiger partial charge is 0.255 e. The fraction of sp³-hybridized carbons (Fsp3) is 0.318. The number of nitrogens with two attached hydrogens (primary N) is 1. The van der Waals surface area contributed by atoms with Crippen LogP contribution in [-0.2, 0) is 11.2 Å². The van der Waals surface area contributed by atoms with Crippen molar-refractivity contribution in [3.8, 4) is 5.75 Å². The maximum absolute atomic E-state index is 12.7. The lowest BCUT2D eigenvalue weighted by Crippen LogP contribution is -2.47. The molecule has 0 aliphatic carbocycles. The molecule has 0 aliphatic heterocycles. The molecule has 2 rings (SSSR count). The standard InChI is InChI=1S/C22H27N3O4S/c1-29-19-9-4-3-8-17(19)21(27)25-18(11-13-30-2)22(28)24-12-10-15-6-5-7-16(14-15)20(23)26/h3-9,14,18H,10-13H2,1-2H3,(H2,23,26)(H,24,28)(H,25,27). The minimum absolute atomic E-state index is 0.252. The molecule has 8 heteroatoms. The highest BCUT2D eigenvalue weighted by Crippen LogP contribution is 2.17. The fourth-order valence-corrected chi connectivity index (χ4v) is 3.38. The van der Waals surface area contributed by atoms with Crippen LogP contribution in [0.2, 0.25) is 0 Å². The van der Waals surface area contributed by atoms with Crippen molar-refractivity contribution >= 4 is 29.5 Å². The first-order valence-corrected chi connectivity index (χ1v) is 10.9. The Morgan fingerprint density at radius 3 is 2.60 bits per heavy atom. The van der Waals surface area contributed by atoms with E-state index in [0.717, 1.165) is 11.3 Å². The number of ether oxygens (including phenoxy) is 1. The van der Waals surface area contributed by atoms with Crippen molar-refractivity contribution in [2.45, 2.75) is 18.9 Å². The second-order valence-electron chi connectivity index (χ2n) is 6.61. The minimum atomic E-state index is -0.660. The molecule has 3 amide bonds. The number of nitrogens with one attached hydrogen (secondary N) is 2. The summed E-state index contributed by atoms with van der Waals surface area (Å²) >= 11 is 1.60. The first kappa shape index (κ1) is 23.3. The summed E-state index contributed by atoms with van der Waals surface area (Å²) in [6.45, 7) is 0.376. The molecule has 0 fully saturated rings. The van der Waals surface area contributed by atoms with Crippen molar-refractivity contribution in [1.82, 2.24) is 10.6 Å². The van der Waals surface area contributed by atoms with Crippen LogP contribution in [-0.4, -0.2) is 49.4 Å². The van der Waals surface area contributed by atoms with Gasteiger partial charge in [-0.15, -0.1) is 0 Å². The number of hydrogen-bond acceptors (Lipinski definition) is 5. The number of carbonyl (C=O) groups is 3. The molecule has 1 atom stereocenters. The number of thioether (sulfide) groups is 1. The lowest BCUT2D eigenvalue weighted by molar-refractivity contribution is -0.122. The van der Waals surface area contributed by atoms with Crippen molar-refractivity contribution < 1.29 is 19.1 Å². The third-order valence-corrected chi connectivity index (χ3v) is 5.15. The Morgan fingerprint density at radius 2 is 1.90 bits per heavy atom. The van der Waals surface area contributed by atoms with Crippen LogP contribution in [0.3, 0.4) is 0 Å². The average molecular weight is 430 g/mol. The van der Waals surface area contributed by atoms with Crippen molar-refractivity contribution in [2.75, 3.05) is 25.7 Å². The van der Waals surface area contributed by atoms with Crippen LogP contribution in [0, 0.1) is 0 Å². The van der Waals surface area contributed by atoms with E-state index < -0.39 is 11.9 Å². The van der Waals surface area contributed by atoms with Crippen molar-refractivity contribution in [2.24, 2.45) is 5.73 Å². The second-order valence-corrected chi connectivity index (χ2v) is 7.60. The maximum Gasteiger partial charge on any atom is 0.255 e. The summed E-state index contributed by atoms with van der Waals surface area (Å²) in [5, 5.41) is 5.67. The van der Waals surface area contributed by atoms with Gasteiger partial charge < -0.3 is 21.1 Å². The summed E-state index contributed by atoms with van der Waals surface area (Å²) in [4.78, 5) is 36.7. The molecule has 0 saturated heterocycles. The lowest BCUT2D eigenvalue weighted by Gasteiger charge is -2.19. The Balaban J connectivity index is 1.98. The number of hydrogen-bond donors (Lipinski definition) is 3. The number of benzene rings is 2. The molecule has 0 spiro atoms. The van der Waals surface area contributed by atoms with Gasteiger partial charge in [-0.3, -0.25) is 14.4 Å². The summed E-state index contributed by atoms with van der Waals surface area (Å²) in [7, 11) is 1.50. The molecule has 4 N–H and O–H groups in total. The minimum Gasteiger partial charge on any atom is -0.496 e. The SMILES string of the molecule is COc1ccccc1C(=O)NC(CCSC)C(=O)NCCc1cccc(C(N)=O)c1. The van der Waals surface area contributed by atoms with Crippen LogP contribution < -0.4 is 21.1 Å². The zero-order chi connectivity index (χ0) is 21.9. The van der Waals surface area contributed by atoms with Crippen LogP contribution in [0.5, 0.6) is 5.75 Å². The average Bonchev–Trinajstić information content (AvgIpc) is 2.76. The molecule has 1 unspecified atom stereocenters.